The van der Waals surface area contributed by atoms with Crippen molar-refractivity contribution in [3.05, 3.63) is 71.0 Å². The van der Waals surface area contributed by atoms with Gasteiger partial charge in [0.1, 0.15) is 5.82 Å². The Kier molecular flexibility index (Phi) is 5.96. The monoisotopic (exact) mass is 340 g/mol. The minimum Gasteiger partial charge on any atom is -0.311 e. The molecule has 0 amide bonds. The van der Waals surface area contributed by atoms with Crippen LogP contribution in [0.4, 0.5) is 17.6 Å². The summed E-state index contributed by atoms with van der Waals surface area (Å²) in [6.45, 7) is 0.562. The first-order valence-corrected chi connectivity index (χ1v) is 7.56. The van der Waals surface area contributed by atoms with Crippen molar-refractivity contribution in [2.75, 3.05) is 20.6 Å². The quantitative estimate of drug-likeness (QED) is 0.792. The maximum absolute atomic E-state index is 13.0. The van der Waals surface area contributed by atoms with Gasteiger partial charge in [-0.15, -0.1) is 0 Å². The van der Waals surface area contributed by atoms with Crippen LogP contribution in [-0.4, -0.2) is 25.5 Å². The minimum atomic E-state index is -4.36. The summed E-state index contributed by atoms with van der Waals surface area (Å²) in [4.78, 5) is 1.94. The molecule has 0 spiro atoms. The van der Waals surface area contributed by atoms with Gasteiger partial charge in [0.05, 0.1) is 5.56 Å². The molecule has 2 aromatic carbocycles. The topological polar surface area (TPSA) is 15.3 Å². The molecule has 6 heteroatoms. The maximum Gasteiger partial charge on any atom is 0.416 e. The van der Waals surface area contributed by atoms with Gasteiger partial charge in [0.25, 0.3) is 0 Å². The van der Waals surface area contributed by atoms with Crippen molar-refractivity contribution in [1.29, 1.82) is 0 Å². The molecule has 0 radical (unpaired) electrons. The van der Waals surface area contributed by atoms with E-state index in [1.54, 1.807) is 18.2 Å². The molecular formula is C18H20F4N2. The van der Waals surface area contributed by atoms with Crippen molar-refractivity contribution >= 4 is 0 Å². The van der Waals surface area contributed by atoms with E-state index in [0.717, 1.165) is 11.6 Å². The lowest BCUT2D eigenvalue weighted by molar-refractivity contribution is -0.138. The van der Waals surface area contributed by atoms with Gasteiger partial charge < -0.3 is 10.2 Å². The lowest BCUT2D eigenvalue weighted by Crippen LogP contribution is -2.31. The van der Waals surface area contributed by atoms with E-state index in [0.29, 0.717) is 6.54 Å². The Bertz CT molecular complexity index is 651. The third-order valence-electron chi connectivity index (χ3n) is 3.85. The molecule has 1 N–H and O–H groups in total. The summed E-state index contributed by atoms with van der Waals surface area (Å²) >= 11 is 0. The summed E-state index contributed by atoms with van der Waals surface area (Å²) in [7, 11) is 3.75. The van der Waals surface area contributed by atoms with Crippen LogP contribution in [0.25, 0.3) is 0 Å². The van der Waals surface area contributed by atoms with Crippen LogP contribution in [0.1, 0.15) is 22.7 Å². The molecule has 0 heterocycles. The van der Waals surface area contributed by atoms with Gasteiger partial charge in [0.15, 0.2) is 0 Å². The number of hydrogen-bond acceptors (Lipinski definition) is 2. The number of nitrogens with zero attached hydrogens (tertiary/aromatic N) is 1. The molecule has 0 aliphatic rings. The van der Waals surface area contributed by atoms with Crippen molar-refractivity contribution in [3.63, 3.8) is 0 Å². The molecule has 0 bridgehead atoms. The molecule has 0 fully saturated rings. The third kappa shape index (κ3) is 4.79. The Hall–Kier alpha value is -1.92. The molecule has 0 aliphatic heterocycles. The third-order valence-corrected chi connectivity index (χ3v) is 3.85. The van der Waals surface area contributed by atoms with Crippen molar-refractivity contribution in [2.24, 2.45) is 0 Å². The number of rotatable bonds is 6. The summed E-state index contributed by atoms with van der Waals surface area (Å²) in [6.07, 6.45) is -4.36. The standard InChI is InChI=1S/C18H20F4N2/c1-24(2)17(13-7-9-15(19)10-8-13)12-23-11-14-5-3-4-6-16(14)18(20,21)22/h3-10,17,23H,11-12H2,1-2H3. The highest BCUT2D eigenvalue weighted by Crippen LogP contribution is 2.31. The number of alkyl halides is 3. The average molecular weight is 340 g/mol. The zero-order valence-corrected chi connectivity index (χ0v) is 13.6. The van der Waals surface area contributed by atoms with Gasteiger partial charge in [-0.05, 0) is 43.4 Å². The lowest BCUT2D eigenvalue weighted by Gasteiger charge is -2.25. The van der Waals surface area contributed by atoms with E-state index in [1.165, 1.54) is 24.3 Å². The summed E-state index contributed by atoms with van der Waals surface area (Å²) in [5.74, 6) is -0.316. The number of benzene rings is 2. The second-order valence-electron chi connectivity index (χ2n) is 5.82. The fourth-order valence-corrected chi connectivity index (χ4v) is 2.58. The number of likely N-dealkylation sites (N-methyl/N-ethyl adjacent to an activating group) is 1. The smallest absolute Gasteiger partial charge is 0.311 e. The molecule has 0 aromatic heterocycles. The number of hydrogen-bond donors (Lipinski definition) is 1. The van der Waals surface area contributed by atoms with E-state index in [9.17, 15) is 17.6 Å². The van der Waals surface area contributed by atoms with E-state index in [4.69, 9.17) is 0 Å². The lowest BCUT2D eigenvalue weighted by atomic mass is 10.0. The van der Waals surface area contributed by atoms with E-state index in [-0.39, 0.29) is 24.0 Å². The fourth-order valence-electron chi connectivity index (χ4n) is 2.58. The van der Waals surface area contributed by atoms with Crippen LogP contribution in [0.2, 0.25) is 0 Å². The molecule has 2 rings (SSSR count). The van der Waals surface area contributed by atoms with Crippen molar-refractivity contribution in [3.8, 4) is 0 Å². The second-order valence-corrected chi connectivity index (χ2v) is 5.82. The molecular weight excluding hydrogens is 320 g/mol. The van der Waals surface area contributed by atoms with Gasteiger partial charge in [-0.2, -0.15) is 13.2 Å². The van der Waals surface area contributed by atoms with Crippen LogP contribution in [0.15, 0.2) is 48.5 Å². The Morgan fingerprint density at radius 2 is 1.62 bits per heavy atom. The normalized spacial score (nSPS) is 13.3. The highest BCUT2D eigenvalue weighted by molar-refractivity contribution is 5.29. The van der Waals surface area contributed by atoms with Crippen molar-refractivity contribution < 1.29 is 17.6 Å². The van der Waals surface area contributed by atoms with Crippen LogP contribution < -0.4 is 5.32 Å². The van der Waals surface area contributed by atoms with Crippen LogP contribution in [0, 0.1) is 5.82 Å². The Labute approximate surface area is 139 Å². The fraction of sp³-hybridized carbons (Fsp3) is 0.333. The molecule has 1 atom stereocenters. The Balaban J connectivity index is 2.05. The average Bonchev–Trinajstić information content (AvgIpc) is 2.52. The largest absolute Gasteiger partial charge is 0.416 e. The minimum absolute atomic E-state index is 0.0661. The summed E-state index contributed by atoms with van der Waals surface area (Å²) in [6, 6.07) is 11.6. The molecule has 24 heavy (non-hydrogen) atoms. The number of halogens is 4. The Morgan fingerprint density at radius 3 is 2.21 bits per heavy atom. The van der Waals surface area contributed by atoms with E-state index in [2.05, 4.69) is 5.32 Å². The summed E-state index contributed by atoms with van der Waals surface area (Å²) in [5, 5.41) is 3.07. The van der Waals surface area contributed by atoms with E-state index >= 15 is 0 Å². The van der Waals surface area contributed by atoms with Crippen LogP contribution in [0.5, 0.6) is 0 Å². The molecule has 130 valence electrons. The molecule has 1 unspecified atom stereocenters. The summed E-state index contributed by atoms with van der Waals surface area (Å²) < 4.78 is 52.0. The van der Waals surface area contributed by atoms with Crippen LogP contribution in [0.3, 0.4) is 0 Å². The first-order valence-electron chi connectivity index (χ1n) is 7.56. The molecule has 0 aliphatic carbocycles. The van der Waals surface area contributed by atoms with E-state index < -0.39 is 11.7 Å². The van der Waals surface area contributed by atoms with Crippen LogP contribution >= 0.6 is 0 Å². The van der Waals surface area contributed by atoms with Crippen molar-refractivity contribution in [1.82, 2.24) is 10.2 Å². The van der Waals surface area contributed by atoms with Gasteiger partial charge in [-0.3, -0.25) is 0 Å². The predicted octanol–water partition coefficient (Wildman–Crippen LogP) is 4.24. The zero-order valence-electron chi connectivity index (χ0n) is 13.6. The second kappa shape index (κ2) is 7.77. The highest BCUT2D eigenvalue weighted by Gasteiger charge is 2.32. The summed E-state index contributed by atoms with van der Waals surface area (Å²) in [5.41, 5.74) is 0.486. The Morgan fingerprint density at radius 1 is 1.00 bits per heavy atom. The molecule has 2 nitrogen and oxygen atoms in total. The zero-order chi connectivity index (χ0) is 17.7. The SMILES string of the molecule is CN(C)C(CNCc1ccccc1C(F)(F)F)c1ccc(F)cc1. The number of nitrogens with one attached hydrogen (secondary N) is 1. The highest BCUT2D eigenvalue weighted by atomic mass is 19.4. The maximum atomic E-state index is 13.0. The van der Waals surface area contributed by atoms with E-state index in [1.807, 2.05) is 19.0 Å². The van der Waals surface area contributed by atoms with Gasteiger partial charge >= 0.3 is 6.18 Å². The predicted molar refractivity (Wildman–Crippen MR) is 86.0 cm³/mol. The first-order chi connectivity index (χ1) is 11.3. The molecule has 0 saturated heterocycles. The van der Waals surface area contributed by atoms with Gasteiger partial charge in [0, 0.05) is 19.1 Å². The van der Waals surface area contributed by atoms with Crippen LogP contribution in [-0.2, 0) is 12.7 Å². The van der Waals surface area contributed by atoms with Crippen molar-refractivity contribution in [2.45, 2.75) is 18.8 Å². The van der Waals surface area contributed by atoms with Gasteiger partial charge in [-0.1, -0.05) is 30.3 Å². The molecule has 0 saturated carbocycles. The molecule has 2 aromatic rings. The van der Waals surface area contributed by atoms with Gasteiger partial charge in [-0.25, -0.2) is 4.39 Å². The van der Waals surface area contributed by atoms with Gasteiger partial charge in [0.2, 0.25) is 0 Å². The first kappa shape index (κ1) is 18.4.